The molecule has 0 radical (unpaired) electrons. The van der Waals surface area contributed by atoms with Crippen molar-refractivity contribution in [3.05, 3.63) is 63.3 Å². The van der Waals surface area contributed by atoms with Crippen molar-refractivity contribution in [3.63, 3.8) is 0 Å². The summed E-state index contributed by atoms with van der Waals surface area (Å²) in [6, 6.07) is 9.41. The van der Waals surface area contributed by atoms with Gasteiger partial charge in [-0.1, -0.05) is 12.1 Å². The van der Waals surface area contributed by atoms with Gasteiger partial charge in [-0.2, -0.15) is 0 Å². The van der Waals surface area contributed by atoms with E-state index in [9.17, 15) is 19.8 Å². The first-order valence-electron chi connectivity index (χ1n) is 6.90. The number of benzene rings is 1. The number of carbonyl (C=O) groups excluding carboxylic acids is 1. The Morgan fingerprint density at radius 3 is 2.35 bits per heavy atom. The number of rotatable bonds is 4. The summed E-state index contributed by atoms with van der Waals surface area (Å²) < 4.78 is 5.06. The molecule has 2 aromatic rings. The summed E-state index contributed by atoms with van der Waals surface area (Å²) in [6.07, 6.45) is 0. The van der Waals surface area contributed by atoms with Crippen LogP contribution in [0.5, 0.6) is 17.2 Å². The number of aryl methyl sites for hydroxylation is 1. The van der Waals surface area contributed by atoms with Crippen LogP contribution in [0.2, 0.25) is 0 Å². The molecule has 0 aromatic heterocycles. The number of ether oxygens (including phenoxy) is 1. The van der Waals surface area contributed by atoms with Crippen LogP contribution < -0.4 is 15.5 Å². The first-order valence-corrected chi connectivity index (χ1v) is 6.90. The third kappa shape index (κ3) is 3.79. The molecule has 0 fully saturated rings. The molecule has 1 amide bonds. The zero-order valence-corrected chi connectivity index (χ0v) is 12.8. The van der Waals surface area contributed by atoms with Crippen LogP contribution in [0, 0.1) is 6.92 Å². The third-order valence-electron chi connectivity index (χ3n) is 3.38. The van der Waals surface area contributed by atoms with Gasteiger partial charge < -0.3 is 20.3 Å². The van der Waals surface area contributed by atoms with Crippen LogP contribution in [0.25, 0.3) is 0 Å². The summed E-state index contributed by atoms with van der Waals surface area (Å²) >= 11 is 0. The van der Waals surface area contributed by atoms with Crippen LogP contribution >= 0.6 is 0 Å². The largest absolute Gasteiger partial charge is 0.504 e. The van der Waals surface area contributed by atoms with Crippen molar-refractivity contribution in [2.24, 2.45) is 0 Å². The molecule has 0 saturated carbocycles. The fourth-order valence-electron chi connectivity index (χ4n) is 2.06. The highest BCUT2D eigenvalue weighted by Crippen LogP contribution is 2.16. The first kappa shape index (κ1) is 16.4. The molecule has 0 aliphatic carbocycles. The summed E-state index contributed by atoms with van der Waals surface area (Å²) in [6.45, 7) is 1.85. The molecule has 23 heavy (non-hydrogen) atoms. The van der Waals surface area contributed by atoms with Crippen LogP contribution in [-0.2, 0) is 6.54 Å². The summed E-state index contributed by atoms with van der Waals surface area (Å²) in [5.74, 6) is -1.02. The molecule has 120 valence electrons. The van der Waals surface area contributed by atoms with Crippen LogP contribution in [0.1, 0.15) is 21.5 Å². The lowest BCUT2D eigenvalue weighted by molar-refractivity contribution is 0.0950. The Morgan fingerprint density at radius 2 is 1.74 bits per heavy atom. The van der Waals surface area contributed by atoms with Crippen LogP contribution in [0.3, 0.4) is 0 Å². The molecule has 6 heteroatoms. The number of methoxy groups -OCH3 is 1. The molecule has 0 aliphatic rings. The Morgan fingerprint density at radius 1 is 1.13 bits per heavy atom. The van der Waals surface area contributed by atoms with Gasteiger partial charge in [-0.3, -0.25) is 9.59 Å². The summed E-state index contributed by atoms with van der Waals surface area (Å²) in [5, 5.41) is 21.8. The molecule has 0 atom stereocenters. The lowest BCUT2D eigenvalue weighted by Crippen LogP contribution is -2.23. The smallest absolute Gasteiger partial charge is 0.261 e. The molecule has 2 rings (SSSR count). The third-order valence-corrected chi connectivity index (χ3v) is 3.38. The normalized spacial score (nSPS) is 10.2. The van der Waals surface area contributed by atoms with E-state index in [-0.39, 0.29) is 12.1 Å². The van der Waals surface area contributed by atoms with Gasteiger partial charge in [0, 0.05) is 12.1 Å². The monoisotopic (exact) mass is 315 g/mol. The number of nitrogens with one attached hydrogen (secondary N) is 1. The van der Waals surface area contributed by atoms with Gasteiger partial charge in [0.15, 0.2) is 11.5 Å². The predicted octanol–water partition coefficient (Wildman–Crippen LogP) is 1.71. The fraction of sp³-hybridized carbons (Fsp3) is 0.176. The highest BCUT2D eigenvalue weighted by Gasteiger charge is 2.12. The SMILES string of the molecule is COc1ccc(CNC(=O)c2cc(O)c(=O)c(O)cc2C)cc1. The number of hydrogen-bond acceptors (Lipinski definition) is 5. The molecular formula is C17H17NO5. The predicted molar refractivity (Wildman–Crippen MR) is 84.9 cm³/mol. The van der Waals surface area contributed by atoms with Gasteiger partial charge >= 0.3 is 0 Å². The molecular weight excluding hydrogens is 298 g/mol. The van der Waals surface area contributed by atoms with E-state index in [0.29, 0.717) is 5.56 Å². The number of carbonyl (C=O) groups is 1. The fourth-order valence-corrected chi connectivity index (χ4v) is 2.06. The van der Waals surface area contributed by atoms with E-state index in [0.717, 1.165) is 23.4 Å². The Hall–Kier alpha value is -3.02. The summed E-state index contributed by atoms with van der Waals surface area (Å²) in [7, 11) is 1.57. The van der Waals surface area contributed by atoms with Crippen molar-refractivity contribution in [1.82, 2.24) is 5.32 Å². The van der Waals surface area contributed by atoms with E-state index < -0.39 is 22.8 Å². The van der Waals surface area contributed by atoms with Gasteiger partial charge in [0.25, 0.3) is 11.3 Å². The van der Waals surface area contributed by atoms with Crippen LogP contribution in [0.15, 0.2) is 41.2 Å². The maximum absolute atomic E-state index is 12.2. The molecule has 0 saturated heterocycles. The first-order chi connectivity index (χ1) is 10.9. The molecule has 2 aromatic carbocycles. The Kier molecular flexibility index (Phi) is 4.85. The van der Waals surface area contributed by atoms with E-state index in [1.54, 1.807) is 26.2 Å². The van der Waals surface area contributed by atoms with E-state index in [2.05, 4.69) is 5.32 Å². The van der Waals surface area contributed by atoms with Gasteiger partial charge in [-0.25, -0.2) is 0 Å². The zero-order valence-electron chi connectivity index (χ0n) is 12.8. The lowest BCUT2D eigenvalue weighted by Gasteiger charge is -2.07. The lowest BCUT2D eigenvalue weighted by atomic mass is 10.1. The minimum absolute atomic E-state index is 0.119. The molecule has 0 aliphatic heterocycles. The number of amides is 1. The standard InChI is InChI=1S/C17H17NO5/c1-10-7-14(19)16(21)15(20)8-13(10)17(22)18-9-11-3-5-12(23-2)6-4-11/h3-8H,9H2,1-2H3,(H,18,22)(H2,19,20,21). The van der Waals surface area contributed by atoms with Gasteiger partial charge in [0.05, 0.1) is 7.11 Å². The quantitative estimate of drug-likeness (QED) is 0.798. The molecule has 0 heterocycles. The minimum Gasteiger partial charge on any atom is -0.504 e. The summed E-state index contributed by atoms with van der Waals surface area (Å²) in [5.41, 5.74) is 0.455. The van der Waals surface area contributed by atoms with Crippen molar-refractivity contribution in [1.29, 1.82) is 0 Å². The molecule has 0 unspecified atom stereocenters. The Bertz CT molecular complexity index is 784. The second-order valence-corrected chi connectivity index (χ2v) is 5.02. The van der Waals surface area contributed by atoms with E-state index in [1.165, 1.54) is 0 Å². The van der Waals surface area contributed by atoms with Crippen LogP contribution in [0.4, 0.5) is 0 Å². The molecule has 0 bridgehead atoms. The number of hydrogen-bond donors (Lipinski definition) is 3. The van der Waals surface area contributed by atoms with Gasteiger partial charge in [-0.05, 0) is 42.3 Å². The van der Waals surface area contributed by atoms with E-state index >= 15 is 0 Å². The van der Waals surface area contributed by atoms with E-state index in [1.807, 2.05) is 12.1 Å². The van der Waals surface area contributed by atoms with Crippen molar-refractivity contribution in [2.75, 3.05) is 7.11 Å². The van der Waals surface area contributed by atoms with E-state index in [4.69, 9.17) is 4.74 Å². The van der Waals surface area contributed by atoms with Gasteiger partial charge in [0.1, 0.15) is 5.75 Å². The van der Waals surface area contributed by atoms with Crippen molar-refractivity contribution >= 4 is 5.91 Å². The van der Waals surface area contributed by atoms with Crippen molar-refractivity contribution < 1.29 is 19.7 Å². The topological polar surface area (TPSA) is 95.9 Å². The van der Waals surface area contributed by atoms with Gasteiger partial charge in [-0.15, -0.1) is 0 Å². The highest BCUT2D eigenvalue weighted by molar-refractivity contribution is 5.95. The zero-order chi connectivity index (χ0) is 17.0. The second-order valence-electron chi connectivity index (χ2n) is 5.02. The highest BCUT2D eigenvalue weighted by atomic mass is 16.5. The van der Waals surface area contributed by atoms with Gasteiger partial charge in [0.2, 0.25) is 0 Å². The van der Waals surface area contributed by atoms with Crippen molar-refractivity contribution in [2.45, 2.75) is 13.5 Å². The average Bonchev–Trinajstić information content (AvgIpc) is 2.65. The minimum atomic E-state index is -0.915. The molecule has 3 N–H and O–H groups in total. The second kappa shape index (κ2) is 6.83. The maximum Gasteiger partial charge on any atom is 0.261 e. The van der Waals surface area contributed by atoms with Crippen LogP contribution in [-0.4, -0.2) is 23.2 Å². The summed E-state index contributed by atoms with van der Waals surface area (Å²) in [4.78, 5) is 23.7. The number of aromatic hydroxyl groups is 2. The Labute approximate surface area is 133 Å². The molecule has 6 nitrogen and oxygen atoms in total. The average molecular weight is 315 g/mol. The Balaban J connectivity index is 2.19. The maximum atomic E-state index is 12.2. The molecule has 0 spiro atoms. The van der Waals surface area contributed by atoms with Crippen molar-refractivity contribution in [3.8, 4) is 17.2 Å².